The standard InChI is InChI=1S/C23H38N4OS.HI/c1-3-29(28)22-13-9-12-21(16-22)26-23(24-2)25-17-19-10-5-6-11-20(19)18-27-14-7-4-8-15-27;/h5-6,10-11,21-22H,3-4,7-9,12-18H2,1-2H3,(H2,24,25,26);1H. The first-order valence-corrected chi connectivity index (χ1v) is 12.7. The Balaban J connectivity index is 0.00000320. The Morgan fingerprint density at radius 1 is 1.13 bits per heavy atom. The second-order valence-corrected chi connectivity index (χ2v) is 10.3. The SMILES string of the molecule is CCS(=O)C1CCCC(NC(=NC)NCc2ccccc2CN2CCCCC2)C1.I. The number of halogens is 1. The predicted molar refractivity (Wildman–Crippen MR) is 139 cm³/mol. The zero-order valence-corrected chi connectivity index (χ0v) is 21.7. The van der Waals surface area contributed by atoms with E-state index in [1.165, 1.54) is 43.5 Å². The molecule has 1 heterocycles. The molecule has 1 saturated carbocycles. The van der Waals surface area contributed by atoms with Crippen molar-refractivity contribution in [2.24, 2.45) is 4.99 Å². The van der Waals surface area contributed by atoms with Crippen molar-refractivity contribution in [2.45, 2.75) is 76.3 Å². The minimum Gasteiger partial charge on any atom is -0.354 e. The highest BCUT2D eigenvalue weighted by molar-refractivity contribution is 14.0. The van der Waals surface area contributed by atoms with Crippen LogP contribution in [0, 0.1) is 0 Å². The zero-order chi connectivity index (χ0) is 20.5. The van der Waals surface area contributed by atoms with Crippen molar-refractivity contribution in [3.63, 3.8) is 0 Å². The molecule has 30 heavy (non-hydrogen) atoms. The number of benzene rings is 1. The molecule has 1 aromatic carbocycles. The number of likely N-dealkylation sites (tertiary alicyclic amines) is 1. The van der Waals surface area contributed by atoms with E-state index in [2.05, 4.69) is 44.8 Å². The fourth-order valence-electron chi connectivity index (χ4n) is 4.56. The van der Waals surface area contributed by atoms with Gasteiger partial charge in [0.1, 0.15) is 0 Å². The second-order valence-electron chi connectivity index (χ2n) is 8.33. The van der Waals surface area contributed by atoms with Crippen LogP contribution in [0.25, 0.3) is 0 Å². The number of hydrogen-bond donors (Lipinski definition) is 2. The molecule has 0 spiro atoms. The molecule has 1 aliphatic heterocycles. The Kier molecular flexibility index (Phi) is 11.7. The summed E-state index contributed by atoms with van der Waals surface area (Å²) in [5, 5.41) is 7.42. The first-order valence-electron chi connectivity index (χ1n) is 11.3. The quantitative estimate of drug-likeness (QED) is 0.308. The Morgan fingerprint density at radius 3 is 2.57 bits per heavy atom. The molecule has 7 heteroatoms. The molecule has 2 fully saturated rings. The smallest absolute Gasteiger partial charge is 0.191 e. The molecule has 3 unspecified atom stereocenters. The number of rotatable bonds is 7. The fourth-order valence-corrected chi connectivity index (χ4v) is 5.91. The highest BCUT2D eigenvalue weighted by atomic mass is 127. The summed E-state index contributed by atoms with van der Waals surface area (Å²) in [6, 6.07) is 9.11. The molecular formula is C23H39IN4OS. The van der Waals surface area contributed by atoms with E-state index in [1.807, 2.05) is 14.0 Å². The van der Waals surface area contributed by atoms with Crippen LogP contribution in [0.5, 0.6) is 0 Å². The maximum absolute atomic E-state index is 12.2. The van der Waals surface area contributed by atoms with Crippen LogP contribution in [0.4, 0.5) is 0 Å². The molecule has 1 aromatic rings. The maximum Gasteiger partial charge on any atom is 0.191 e. The van der Waals surface area contributed by atoms with Gasteiger partial charge in [0, 0.05) is 48.0 Å². The van der Waals surface area contributed by atoms with Crippen molar-refractivity contribution < 1.29 is 4.21 Å². The van der Waals surface area contributed by atoms with Crippen LogP contribution in [0.1, 0.15) is 63.0 Å². The molecule has 0 radical (unpaired) electrons. The minimum absolute atomic E-state index is 0. The van der Waals surface area contributed by atoms with Gasteiger partial charge in [0.15, 0.2) is 5.96 Å². The van der Waals surface area contributed by atoms with Gasteiger partial charge in [-0.1, -0.05) is 44.0 Å². The second kappa shape index (κ2) is 13.7. The van der Waals surface area contributed by atoms with Gasteiger partial charge >= 0.3 is 0 Å². The van der Waals surface area contributed by atoms with Gasteiger partial charge in [-0.15, -0.1) is 24.0 Å². The molecule has 1 saturated heterocycles. The number of nitrogens with zero attached hydrogens (tertiary/aromatic N) is 2. The summed E-state index contributed by atoms with van der Waals surface area (Å²) in [4.78, 5) is 7.02. The first kappa shape index (κ1) is 25.6. The van der Waals surface area contributed by atoms with Crippen LogP contribution in [0.2, 0.25) is 0 Å². The van der Waals surface area contributed by atoms with Crippen molar-refractivity contribution in [3.05, 3.63) is 35.4 Å². The Hall–Kier alpha value is -0.670. The van der Waals surface area contributed by atoms with Crippen molar-refractivity contribution in [3.8, 4) is 0 Å². The number of hydrogen-bond acceptors (Lipinski definition) is 3. The lowest BCUT2D eigenvalue weighted by molar-refractivity contribution is 0.220. The summed E-state index contributed by atoms with van der Waals surface area (Å²) in [5.41, 5.74) is 2.75. The summed E-state index contributed by atoms with van der Waals surface area (Å²) >= 11 is 0. The number of nitrogens with one attached hydrogen (secondary N) is 2. The lowest BCUT2D eigenvalue weighted by Gasteiger charge is -2.30. The molecule has 0 bridgehead atoms. The third-order valence-electron chi connectivity index (χ3n) is 6.25. The Morgan fingerprint density at radius 2 is 1.87 bits per heavy atom. The zero-order valence-electron chi connectivity index (χ0n) is 18.6. The Bertz CT molecular complexity index is 694. The highest BCUT2D eigenvalue weighted by Gasteiger charge is 2.26. The third-order valence-corrected chi connectivity index (χ3v) is 7.99. The van der Waals surface area contributed by atoms with E-state index in [-0.39, 0.29) is 24.0 Å². The van der Waals surface area contributed by atoms with Crippen LogP contribution in [0.3, 0.4) is 0 Å². The van der Waals surface area contributed by atoms with Crippen LogP contribution < -0.4 is 10.6 Å². The lowest BCUT2D eigenvalue weighted by atomic mass is 9.95. The highest BCUT2D eigenvalue weighted by Crippen LogP contribution is 2.23. The molecule has 170 valence electrons. The van der Waals surface area contributed by atoms with Crippen molar-refractivity contribution in [1.82, 2.24) is 15.5 Å². The number of aliphatic imine (C=N–C) groups is 1. The average molecular weight is 547 g/mol. The molecule has 3 atom stereocenters. The van der Waals surface area contributed by atoms with Gasteiger partial charge in [-0.2, -0.15) is 0 Å². The van der Waals surface area contributed by atoms with Crippen molar-refractivity contribution >= 4 is 40.7 Å². The molecule has 2 N–H and O–H groups in total. The van der Waals surface area contributed by atoms with E-state index in [0.717, 1.165) is 50.5 Å². The molecule has 3 rings (SSSR count). The summed E-state index contributed by atoms with van der Waals surface area (Å²) in [6.45, 7) is 6.27. The van der Waals surface area contributed by atoms with E-state index >= 15 is 0 Å². The fraction of sp³-hybridized carbons (Fsp3) is 0.696. The van der Waals surface area contributed by atoms with E-state index in [1.54, 1.807) is 0 Å². The Labute approximate surface area is 202 Å². The average Bonchev–Trinajstić information content (AvgIpc) is 2.78. The number of guanidine groups is 1. The maximum atomic E-state index is 12.2. The van der Waals surface area contributed by atoms with Gasteiger partial charge in [-0.3, -0.25) is 14.1 Å². The monoisotopic (exact) mass is 546 g/mol. The van der Waals surface area contributed by atoms with Crippen LogP contribution in [0.15, 0.2) is 29.3 Å². The molecular weight excluding hydrogens is 507 g/mol. The predicted octanol–water partition coefficient (Wildman–Crippen LogP) is 4.04. The van der Waals surface area contributed by atoms with Gasteiger partial charge in [0.05, 0.1) is 0 Å². The minimum atomic E-state index is -0.696. The summed E-state index contributed by atoms with van der Waals surface area (Å²) in [5.74, 6) is 1.61. The van der Waals surface area contributed by atoms with E-state index < -0.39 is 10.8 Å². The van der Waals surface area contributed by atoms with Gasteiger partial charge in [-0.25, -0.2) is 0 Å². The normalized spacial score (nSPS) is 24.0. The molecule has 1 aliphatic carbocycles. The summed E-state index contributed by atoms with van der Waals surface area (Å²) in [6.07, 6.45) is 8.36. The topological polar surface area (TPSA) is 56.7 Å². The van der Waals surface area contributed by atoms with Crippen molar-refractivity contribution in [1.29, 1.82) is 0 Å². The molecule has 2 aliphatic rings. The van der Waals surface area contributed by atoms with Crippen LogP contribution in [-0.4, -0.2) is 52.3 Å². The first-order chi connectivity index (χ1) is 14.2. The van der Waals surface area contributed by atoms with E-state index in [9.17, 15) is 4.21 Å². The lowest BCUT2D eigenvalue weighted by Crippen LogP contribution is -2.46. The van der Waals surface area contributed by atoms with Crippen molar-refractivity contribution in [2.75, 3.05) is 25.9 Å². The van der Waals surface area contributed by atoms with Gasteiger partial charge in [-0.05, 0) is 56.3 Å². The van der Waals surface area contributed by atoms with E-state index in [0.29, 0.717) is 11.3 Å². The third kappa shape index (κ3) is 7.79. The summed E-state index contributed by atoms with van der Waals surface area (Å²) < 4.78 is 12.2. The molecule has 0 amide bonds. The van der Waals surface area contributed by atoms with Gasteiger partial charge in [0.2, 0.25) is 0 Å². The van der Waals surface area contributed by atoms with Gasteiger partial charge < -0.3 is 10.6 Å². The number of piperidine rings is 1. The van der Waals surface area contributed by atoms with E-state index in [4.69, 9.17) is 0 Å². The largest absolute Gasteiger partial charge is 0.354 e. The van der Waals surface area contributed by atoms with Gasteiger partial charge in [0.25, 0.3) is 0 Å². The van der Waals surface area contributed by atoms with Crippen LogP contribution >= 0.6 is 24.0 Å². The summed E-state index contributed by atoms with van der Waals surface area (Å²) in [7, 11) is 1.14. The van der Waals surface area contributed by atoms with Crippen LogP contribution in [-0.2, 0) is 23.9 Å². The molecule has 0 aromatic heterocycles. The molecule has 5 nitrogen and oxygen atoms in total.